The highest BCUT2D eigenvalue weighted by Gasteiger charge is 2.12. The highest BCUT2D eigenvalue weighted by atomic mass is 79.9. The molecule has 2 aromatic rings. The van der Waals surface area contributed by atoms with Crippen molar-refractivity contribution in [3.8, 4) is 0 Å². The number of furan rings is 1. The van der Waals surface area contributed by atoms with Gasteiger partial charge in [0, 0.05) is 9.75 Å². The van der Waals surface area contributed by atoms with Crippen molar-refractivity contribution in [1.29, 1.82) is 0 Å². The van der Waals surface area contributed by atoms with Crippen LogP contribution in [0.15, 0.2) is 33.5 Å². The molecule has 17 heavy (non-hydrogen) atoms. The third-order valence-electron chi connectivity index (χ3n) is 2.35. The summed E-state index contributed by atoms with van der Waals surface area (Å²) >= 11 is 4.91. The maximum atomic E-state index is 11.8. The number of carbonyl (C=O) groups is 1. The van der Waals surface area contributed by atoms with E-state index in [-0.39, 0.29) is 5.91 Å². The molecule has 0 unspecified atom stereocenters. The molecule has 3 nitrogen and oxygen atoms in total. The molecule has 0 fully saturated rings. The molecule has 2 heterocycles. The SMILES string of the molecule is CCc1ccc(CNC(=O)c2ccoc2Br)s1. The predicted molar refractivity (Wildman–Crippen MR) is 71.3 cm³/mol. The van der Waals surface area contributed by atoms with E-state index in [0.717, 1.165) is 11.3 Å². The van der Waals surface area contributed by atoms with E-state index in [0.29, 0.717) is 16.8 Å². The monoisotopic (exact) mass is 313 g/mol. The predicted octanol–water partition coefficient (Wildman–Crippen LogP) is 3.60. The Balaban J connectivity index is 1.94. The van der Waals surface area contributed by atoms with E-state index in [1.807, 2.05) is 6.07 Å². The molecule has 0 radical (unpaired) electrons. The topological polar surface area (TPSA) is 42.2 Å². The van der Waals surface area contributed by atoms with E-state index in [9.17, 15) is 4.79 Å². The van der Waals surface area contributed by atoms with E-state index in [1.165, 1.54) is 11.1 Å². The molecule has 90 valence electrons. The Labute approximate surface area is 112 Å². The van der Waals surface area contributed by atoms with Crippen molar-refractivity contribution in [2.24, 2.45) is 0 Å². The van der Waals surface area contributed by atoms with E-state index in [2.05, 4.69) is 34.2 Å². The molecule has 2 rings (SSSR count). The lowest BCUT2D eigenvalue weighted by molar-refractivity contribution is 0.0949. The Kier molecular flexibility index (Phi) is 4.02. The summed E-state index contributed by atoms with van der Waals surface area (Å²) in [4.78, 5) is 14.3. The van der Waals surface area contributed by atoms with Crippen LogP contribution in [0, 0.1) is 0 Å². The average Bonchev–Trinajstić information content (AvgIpc) is 2.94. The van der Waals surface area contributed by atoms with Gasteiger partial charge in [0.25, 0.3) is 5.91 Å². The van der Waals surface area contributed by atoms with E-state index < -0.39 is 0 Å². The number of rotatable bonds is 4. The number of halogens is 1. The van der Waals surface area contributed by atoms with Crippen LogP contribution in [0.25, 0.3) is 0 Å². The van der Waals surface area contributed by atoms with Crippen molar-refractivity contribution in [1.82, 2.24) is 5.32 Å². The molecule has 0 aliphatic rings. The van der Waals surface area contributed by atoms with E-state index in [4.69, 9.17) is 4.42 Å². The summed E-state index contributed by atoms with van der Waals surface area (Å²) in [5, 5.41) is 2.86. The second-order valence-corrected chi connectivity index (χ2v) is 5.49. The van der Waals surface area contributed by atoms with Crippen LogP contribution in [0.1, 0.15) is 27.0 Å². The fourth-order valence-electron chi connectivity index (χ4n) is 1.43. The first kappa shape index (κ1) is 12.4. The summed E-state index contributed by atoms with van der Waals surface area (Å²) in [6, 6.07) is 5.79. The second-order valence-electron chi connectivity index (χ2n) is 3.51. The first-order valence-electron chi connectivity index (χ1n) is 5.29. The van der Waals surface area contributed by atoms with Gasteiger partial charge in [0.15, 0.2) is 4.67 Å². The van der Waals surface area contributed by atoms with Gasteiger partial charge >= 0.3 is 0 Å². The zero-order valence-electron chi connectivity index (χ0n) is 9.33. The van der Waals surface area contributed by atoms with E-state index in [1.54, 1.807) is 17.4 Å². The maximum absolute atomic E-state index is 11.8. The molecular weight excluding hydrogens is 302 g/mol. The number of carbonyl (C=O) groups excluding carboxylic acids is 1. The highest BCUT2D eigenvalue weighted by molar-refractivity contribution is 9.10. The number of nitrogens with one attached hydrogen (secondary N) is 1. The van der Waals surface area contributed by atoms with Crippen LogP contribution in [0.5, 0.6) is 0 Å². The lowest BCUT2D eigenvalue weighted by Gasteiger charge is -2.01. The fraction of sp³-hybridized carbons (Fsp3) is 0.250. The lowest BCUT2D eigenvalue weighted by atomic mass is 10.3. The summed E-state index contributed by atoms with van der Waals surface area (Å²) in [6.07, 6.45) is 2.52. The Morgan fingerprint density at radius 2 is 2.18 bits per heavy atom. The largest absolute Gasteiger partial charge is 0.457 e. The van der Waals surface area contributed by atoms with Gasteiger partial charge in [-0.05, 0) is 40.5 Å². The molecule has 0 atom stereocenters. The number of hydrogen-bond donors (Lipinski definition) is 1. The van der Waals surface area contributed by atoms with Crippen molar-refractivity contribution in [2.45, 2.75) is 19.9 Å². The van der Waals surface area contributed by atoms with Gasteiger partial charge in [-0.1, -0.05) is 6.92 Å². The van der Waals surface area contributed by atoms with Crippen molar-refractivity contribution >= 4 is 33.2 Å². The minimum atomic E-state index is -0.128. The van der Waals surface area contributed by atoms with Crippen LogP contribution in [-0.2, 0) is 13.0 Å². The van der Waals surface area contributed by atoms with Crippen LogP contribution in [0.2, 0.25) is 0 Å². The summed E-state index contributed by atoms with van der Waals surface area (Å²) in [6.45, 7) is 2.68. The Morgan fingerprint density at radius 1 is 1.41 bits per heavy atom. The molecule has 0 spiro atoms. The number of thiophene rings is 1. The molecule has 1 N–H and O–H groups in total. The molecular formula is C12H12BrNO2S. The van der Waals surface area contributed by atoms with Gasteiger partial charge in [0.1, 0.15) is 0 Å². The standard InChI is InChI=1S/C12H12BrNO2S/c1-2-8-3-4-9(17-8)7-14-12(15)10-5-6-16-11(10)13/h3-6H,2,7H2,1H3,(H,14,15). The third kappa shape index (κ3) is 2.98. The lowest BCUT2D eigenvalue weighted by Crippen LogP contribution is -2.22. The molecule has 0 saturated heterocycles. The van der Waals surface area contributed by atoms with Gasteiger partial charge in [-0.15, -0.1) is 11.3 Å². The average molecular weight is 314 g/mol. The van der Waals surface area contributed by atoms with Crippen LogP contribution in [0.3, 0.4) is 0 Å². The van der Waals surface area contributed by atoms with Gasteiger partial charge in [-0.3, -0.25) is 4.79 Å². The van der Waals surface area contributed by atoms with Gasteiger partial charge < -0.3 is 9.73 Å². The maximum Gasteiger partial charge on any atom is 0.256 e. The molecule has 0 aromatic carbocycles. The quantitative estimate of drug-likeness (QED) is 0.937. The smallest absolute Gasteiger partial charge is 0.256 e. The van der Waals surface area contributed by atoms with E-state index >= 15 is 0 Å². The summed E-state index contributed by atoms with van der Waals surface area (Å²) in [5.74, 6) is -0.128. The molecule has 0 saturated carbocycles. The molecule has 0 bridgehead atoms. The van der Waals surface area contributed by atoms with Gasteiger partial charge in [0.05, 0.1) is 18.4 Å². The Morgan fingerprint density at radius 3 is 2.76 bits per heavy atom. The second kappa shape index (κ2) is 5.51. The number of amides is 1. The molecule has 0 aliphatic carbocycles. The molecule has 2 aromatic heterocycles. The number of hydrogen-bond acceptors (Lipinski definition) is 3. The zero-order valence-corrected chi connectivity index (χ0v) is 11.7. The molecule has 0 aliphatic heterocycles. The Bertz CT molecular complexity index is 518. The van der Waals surface area contributed by atoms with Crippen LogP contribution >= 0.6 is 27.3 Å². The van der Waals surface area contributed by atoms with Crippen molar-refractivity contribution < 1.29 is 9.21 Å². The summed E-state index contributed by atoms with van der Waals surface area (Å²) < 4.78 is 5.49. The van der Waals surface area contributed by atoms with Gasteiger partial charge in [-0.2, -0.15) is 0 Å². The first-order chi connectivity index (χ1) is 8.20. The third-order valence-corrected chi connectivity index (χ3v) is 4.20. The summed E-state index contributed by atoms with van der Waals surface area (Å²) in [5.41, 5.74) is 0.525. The Hall–Kier alpha value is -1.07. The summed E-state index contributed by atoms with van der Waals surface area (Å²) in [7, 11) is 0. The van der Waals surface area contributed by atoms with Crippen molar-refractivity contribution in [3.63, 3.8) is 0 Å². The normalized spacial score (nSPS) is 10.5. The van der Waals surface area contributed by atoms with Crippen molar-refractivity contribution in [3.05, 3.63) is 44.4 Å². The highest BCUT2D eigenvalue weighted by Crippen LogP contribution is 2.19. The first-order valence-corrected chi connectivity index (χ1v) is 6.90. The molecule has 1 amide bonds. The minimum Gasteiger partial charge on any atom is -0.457 e. The number of aryl methyl sites for hydroxylation is 1. The molecule has 5 heteroatoms. The zero-order chi connectivity index (χ0) is 12.3. The van der Waals surface area contributed by atoms with Crippen LogP contribution < -0.4 is 5.32 Å². The van der Waals surface area contributed by atoms with Crippen molar-refractivity contribution in [2.75, 3.05) is 0 Å². The van der Waals surface area contributed by atoms with Gasteiger partial charge in [-0.25, -0.2) is 0 Å². The van der Waals surface area contributed by atoms with Gasteiger partial charge in [0.2, 0.25) is 0 Å². The van der Waals surface area contributed by atoms with Crippen LogP contribution in [0.4, 0.5) is 0 Å². The van der Waals surface area contributed by atoms with Crippen LogP contribution in [-0.4, -0.2) is 5.91 Å². The minimum absolute atomic E-state index is 0.128. The fourth-order valence-corrected chi connectivity index (χ4v) is 2.74.